The third kappa shape index (κ3) is 3.61. The highest BCUT2D eigenvalue weighted by Crippen LogP contribution is 2.34. The number of morpholine rings is 1. The normalized spacial score (nSPS) is 24.0. The Balaban J connectivity index is 2.32. The summed E-state index contributed by atoms with van der Waals surface area (Å²) in [5.74, 6) is 0. The fourth-order valence-electron chi connectivity index (χ4n) is 2.97. The Hall–Kier alpha value is -0.420. The Labute approximate surface area is 130 Å². The first kappa shape index (κ1) is 16.0. The van der Waals surface area contributed by atoms with E-state index >= 15 is 0 Å². The average Bonchev–Trinajstić information content (AvgIpc) is 2.41. The van der Waals surface area contributed by atoms with E-state index in [-0.39, 0.29) is 6.10 Å². The van der Waals surface area contributed by atoms with E-state index in [4.69, 9.17) is 4.74 Å². The summed E-state index contributed by atoms with van der Waals surface area (Å²) in [7, 11) is 1.99. The number of nitrogens with one attached hydrogen (secondary N) is 1. The molecule has 1 N–H and O–H groups in total. The van der Waals surface area contributed by atoms with Crippen molar-refractivity contribution < 1.29 is 4.74 Å². The first-order valence-electron chi connectivity index (χ1n) is 7.43. The minimum Gasteiger partial charge on any atom is -0.374 e. The second-order valence-corrected chi connectivity index (χ2v) is 6.33. The summed E-state index contributed by atoms with van der Waals surface area (Å²) in [5.41, 5.74) is 2.62. The second kappa shape index (κ2) is 7.55. The van der Waals surface area contributed by atoms with Crippen molar-refractivity contribution in [2.24, 2.45) is 0 Å². The maximum Gasteiger partial charge on any atom is 0.0896 e. The van der Waals surface area contributed by atoms with Crippen LogP contribution in [-0.2, 0) is 4.74 Å². The van der Waals surface area contributed by atoms with Crippen LogP contribution >= 0.6 is 15.9 Å². The van der Waals surface area contributed by atoms with Gasteiger partial charge in [-0.15, -0.1) is 0 Å². The molecule has 0 saturated carbocycles. The van der Waals surface area contributed by atoms with E-state index in [1.807, 2.05) is 7.05 Å². The van der Waals surface area contributed by atoms with Crippen LogP contribution in [0.5, 0.6) is 0 Å². The van der Waals surface area contributed by atoms with Crippen LogP contribution in [0, 0.1) is 6.92 Å². The Morgan fingerprint density at radius 3 is 2.90 bits per heavy atom. The van der Waals surface area contributed by atoms with Crippen LogP contribution < -0.4 is 5.32 Å². The molecule has 1 saturated heterocycles. The number of hydrogen-bond acceptors (Lipinski definition) is 3. The van der Waals surface area contributed by atoms with Crippen molar-refractivity contribution in [1.29, 1.82) is 0 Å². The molecule has 4 heteroatoms. The Morgan fingerprint density at radius 1 is 1.45 bits per heavy atom. The maximum atomic E-state index is 6.02. The fourth-order valence-corrected chi connectivity index (χ4v) is 3.69. The highest BCUT2D eigenvalue weighted by atomic mass is 79.9. The molecule has 20 heavy (non-hydrogen) atoms. The van der Waals surface area contributed by atoms with Gasteiger partial charge in [0.25, 0.3) is 0 Å². The van der Waals surface area contributed by atoms with Gasteiger partial charge < -0.3 is 10.1 Å². The van der Waals surface area contributed by atoms with Crippen LogP contribution in [0.25, 0.3) is 0 Å². The molecule has 0 aliphatic carbocycles. The first-order chi connectivity index (χ1) is 9.67. The smallest absolute Gasteiger partial charge is 0.0896 e. The quantitative estimate of drug-likeness (QED) is 0.891. The zero-order valence-corrected chi connectivity index (χ0v) is 14.2. The van der Waals surface area contributed by atoms with Gasteiger partial charge in [-0.2, -0.15) is 0 Å². The van der Waals surface area contributed by atoms with Gasteiger partial charge in [-0.25, -0.2) is 0 Å². The third-order valence-corrected chi connectivity index (χ3v) is 4.53. The van der Waals surface area contributed by atoms with Crippen molar-refractivity contribution in [3.63, 3.8) is 0 Å². The molecule has 0 spiro atoms. The van der Waals surface area contributed by atoms with Gasteiger partial charge in [0.2, 0.25) is 0 Å². The number of hydrogen-bond donors (Lipinski definition) is 1. The summed E-state index contributed by atoms with van der Waals surface area (Å²) in [6, 6.07) is 6.95. The molecule has 1 fully saturated rings. The third-order valence-electron chi connectivity index (χ3n) is 3.85. The molecule has 2 rings (SSSR count). The molecule has 1 aromatic carbocycles. The lowest BCUT2D eigenvalue weighted by atomic mass is 9.96. The summed E-state index contributed by atoms with van der Waals surface area (Å²) >= 11 is 3.74. The highest BCUT2D eigenvalue weighted by molar-refractivity contribution is 9.10. The van der Waals surface area contributed by atoms with Crippen molar-refractivity contribution in [1.82, 2.24) is 10.2 Å². The van der Waals surface area contributed by atoms with E-state index in [9.17, 15) is 0 Å². The van der Waals surface area contributed by atoms with Crippen molar-refractivity contribution in [3.8, 4) is 0 Å². The molecule has 1 aliphatic heterocycles. The molecular weight excluding hydrogens is 316 g/mol. The number of likely N-dealkylation sites (N-methyl/N-ethyl adjacent to an activating group) is 1. The molecule has 2 unspecified atom stereocenters. The number of aryl methyl sites for hydroxylation is 1. The molecule has 0 amide bonds. The monoisotopic (exact) mass is 340 g/mol. The summed E-state index contributed by atoms with van der Waals surface area (Å²) in [4.78, 5) is 2.56. The van der Waals surface area contributed by atoms with Crippen molar-refractivity contribution in [3.05, 3.63) is 33.8 Å². The standard InChI is InChI=1S/C16H25BrN2O/c1-4-7-19-8-9-20-15(11-18-3)16(19)13-6-5-12(2)10-14(13)17/h5-6,10,15-16,18H,4,7-9,11H2,1-3H3. The van der Waals surface area contributed by atoms with Gasteiger partial charge in [0.05, 0.1) is 18.8 Å². The molecule has 1 aromatic rings. The Bertz CT molecular complexity index is 420. The molecule has 2 atom stereocenters. The molecule has 0 radical (unpaired) electrons. The minimum atomic E-state index is 0.208. The van der Waals surface area contributed by atoms with Gasteiger partial charge >= 0.3 is 0 Å². The predicted molar refractivity (Wildman–Crippen MR) is 87.2 cm³/mol. The van der Waals surface area contributed by atoms with Gasteiger partial charge in [-0.1, -0.05) is 35.0 Å². The lowest BCUT2D eigenvalue weighted by molar-refractivity contribution is -0.0706. The van der Waals surface area contributed by atoms with Gasteiger partial charge in [-0.3, -0.25) is 4.90 Å². The van der Waals surface area contributed by atoms with E-state index in [2.05, 4.69) is 58.2 Å². The van der Waals surface area contributed by atoms with E-state index < -0.39 is 0 Å². The van der Waals surface area contributed by atoms with Gasteiger partial charge in [-0.05, 0) is 44.1 Å². The second-order valence-electron chi connectivity index (χ2n) is 5.47. The molecule has 3 nitrogen and oxygen atoms in total. The van der Waals surface area contributed by atoms with Crippen LogP contribution in [0.2, 0.25) is 0 Å². The number of ether oxygens (including phenoxy) is 1. The summed E-state index contributed by atoms with van der Waals surface area (Å²) < 4.78 is 7.21. The number of rotatable bonds is 5. The molecule has 0 bridgehead atoms. The largest absolute Gasteiger partial charge is 0.374 e. The number of benzene rings is 1. The topological polar surface area (TPSA) is 24.5 Å². The average molecular weight is 341 g/mol. The Morgan fingerprint density at radius 2 is 2.25 bits per heavy atom. The minimum absolute atomic E-state index is 0.208. The van der Waals surface area contributed by atoms with E-state index in [1.54, 1.807) is 0 Å². The molecule has 1 aliphatic rings. The molecule has 112 valence electrons. The summed E-state index contributed by atoms with van der Waals surface area (Å²) in [6.07, 6.45) is 1.38. The number of halogens is 1. The SMILES string of the molecule is CCCN1CCOC(CNC)C1c1ccc(C)cc1Br. The van der Waals surface area contributed by atoms with Crippen molar-refractivity contribution in [2.45, 2.75) is 32.4 Å². The number of nitrogens with zero attached hydrogens (tertiary/aromatic N) is 1. The molecular formula is C16H25BrN2O. The molecule has 0 aromatic heterocycles. The van der Waals surface area contributed by atoms with Crippen LogP contribution in [0.4, 0.5) is 0 Å². The lowest BCUT2D eigenvalue weighted by Crippen LogP contribution is -2.49. The van der Waals surface area contributed by atoms with Crippen LogP contribution in [0.3, 0.4) is 0 Å². The van der Waals surface area contributed by atoms with E-state index in [0.29, 0.717) is 6.04 Å². The van der Waals surface area contributed by atoms with E-state index in [1.165, 1.54) is 22.0 Å². The predicted octanol–water partition coefficient (Wildman–Crippen LogP) is 3.13. The zero-order chi connectivity index (χ0) is 14.5. The van der Waals surface area contributed by atoms with Gasteiger partial charge in [0.1, 0.15) is 0 Å². The maximum absolute atomic E-state index is 6.02. The zero-order valence-electron chi connectivity index (χ0n) is 12.7. The van der Waals surface area contributed by atoms with Crippen LogP contribution in [-0.4, -0.2) is 44.3 Å². The van der Waals surface area contributed by atoms with Gasteiger partial charge in [0.15, 0.2) is 0 Å². The van der Waals surface area contributed by atoms with Crippen molar-refractivity contribution >= 4 is 15.9 Å². The van der Waals surface area contributed by atoms with Crippen LogP contribution in [0.1, 0.15) is 30.5 Å². The summed E-state index contributed by atoms with van der Waals surface area (Å²) in [6.45, 7) is 8.20. The lowest BCUT2D eigenvalue weighted by Gasteiger charge is -2.42. The fraction of sp³-hybridized carbons (Fsp3) is 0.625. The highest BCUT2D eigenvalue weighted by Gasteiger charge is 2.33. The molecule has 1 heterocycles. The van der Waals surface area contributed by atoms with Crippen LogP contribution in [0.15, 0.2) is 22.7 Å². The van der Waals surface area contributed by atoms with Gasteiger partial charge in [0, 0.05) is 17.6 Å². The summed E-state index contributed by atoms with van der Waals surface area (Å²) in [5, 5.41) is 3.26. The Kier molecular flexibility index (Phi) is 6.02. The van der Waals surface area contributed by atoms with E-state index in [0.717, 1.165) is 26.2 Å². The first-order valence-corrected chi connectivity index (χ1v) is 8.23. The van der Waals surface area contributed by atoms with Crippen molar-refractivity contribution in [2.75, 3.05) is 33.3 Å².